The molecule has 0 saturated heterocycles. The van der Waals surface area contributed by atoms with Crippen LogP contribution in [-0.4, -0.2) is 5.91 Å². The number of halogens is 1. The molecule has 150 valence electrons. The van der Waals surface area contributed by atoms with Crippen LogP contribution in [0.15, 0.2) is 24.5 Å². The Morgan fingerprint density at radius 1 is 0.846 bits per heavy atom. The van der Waals surface area contributed by atoms with E-state index in [4.69, 9.17) is 5.73 Å². The Bertz CT molecular complexity index is 465. The van der Waals surface area contributed by atoms with Gasteiger partial charge in [0.15, 0.2) is 12.4 Å². The van der Waals surface area contributed by atoms with Crippen LogP contribution in [0.3, 0.4) is 0 Å². The number of hydrogen-bond acceptors (Lipinski definition) is 1. The first kappa shape index (κ1) is 25.4. The fourth-order valence-corrected chi connectivity index (χ4v) is 3.30. The van der Waals surface area contributed by atoms with E-state index in [0.717, 1.165) is 6.54 Å². The quantitative estimate of drug-likeness (QED) is 0.224. The van der Waals surface area contributed by atoms with Crippen molar-refractivity contribution in [3.05, 3.63) is 30.1 Å². The average Bonchev–Trinajstić information content (AvgIpc) is 2.62. The van der Waals surface area contributed by atoms with Crippen LogP contribution >= 0.6 is 0 Å². The molecular formula is C22H39IN2O. The molecule has 1 rings (SSSR count). The molecule has 1 aromatic heterocycles. The summed E-state index contributed by atoms with van der Waals surface area (Å²) in [7, 11) is 0. The highest BCUT2D eigenvalue weighted by Gasteiger charge is 2.06. The van der Waals surface area contributed by atoms with Gasteiger partial charge in [-0.2, -0.15) is 0 Å². The van der Waals surface area contributed by atoms with Gasteiger partial charge in [0.1, 0.15) is 12.1 Å². The molecule has 0 saturated carbocycles. The Balaban J connectivity index is 0.00000625. The third kappa shape index (κ3) is 13.5. The SMILES string of the molecule is CCCCCCCCCCCCCCCC[n+]1cccc(C(N)=O)c1.[I-]. The zero-order valence-corrected chi connectivity index (χ0v) is 18.9. The zero-order valence-electron chi connectivity index (χ0n) is 16.7. The van der Waals surface area contributed by atoms with Crippen molar-refractivity contribution in [3.8, 4) is 0 Å². The number of unbranched alkanes of at least 4 members (excludes halogenated alkanes) is 13. The Morgan fingerprint density at radius 3 is 1.77 bits per heavy atom. The van der Waals surface area contributed by atoms with Gasteiger partial charge in [0.2, 0.25) is 0 Å². The summed E-state index contributed by atoms with van der Waals surface area (Å²) in [5.74, 6) is -0.352. The maximum absolute atomic E-state index is 11.2. The Morgan fingerprint density at radius 2 is 1.31 bits per heavy atom. The van der Waals surface area contributed by atoms with Gasteiger partial charge in [0.25, 0.3) is 5.91 Å². The molecule has 0 atom stereocenters. The third-order valence-corrected chi connectivity index (χ3v) is 4.91. The molecule has 0 spiro atoms. The molecule has 4 heteroatoms. The molecule has 1 heterocycles. The van der Waals surface area contributed by atoms with Gasteiger partial charge in [0.05, 0.1) is 0 Å². The van der Waals surface area contributed by atoms with Crippen LogP contribution in [0, 0.1) is 0 Å². The van der Waals surface area contributed by atoms with E-state index in [1.54, 1.807) is 6.07 Å². The van der Waals surface area contributed by atoms with E-state index >= 15 is 0 Å². The second kappa shape index (κ2) is 17.7. The first-order valence-corrected chi connectivity index (χ1v) is 10.5. The van der Waals surface area contributed by atoms with Gasteiger partial charge in [-0.15, -0.1) is 0 Å². The summed E-state index contributed by atoms with van der Waals surface area (Å²) in [6.45, 7) is 3.25. The normalized spacial score (nSPS) is 10.5. The van der Waals surface area contributed by atoms with Crippen molar-refractivity contribution in [3.63, 3.8) is 0 Å². The number of aromatic nitrogens is 1. The number of rotatable bonds is 16. The Kier molecular flexibility index (Phi) is 17.3. The lowest BCUT2D eigenvalue weighted by atomic mass is 10.0. The molecule has 0 aliphatic carbocycles. The fraction of sp³-hybridized carbons (Fsp3) is 0.727. The van der Waals surface area contributed by atoms with Gasteiger partial charge in [0, 0.05) is 12.5 Å². The molecule has 26 heavy (non-hydrogen) atoms. The minimum absolute atomic E-state index is 0. The summed E-state index contributed by atoms with van der Waals surface area (Å²) in [6, 6.07) is 3.66. The lowest BCUT2D eigenvalue weighted by Gasteiger charge is -2.03. The number of amides is 1. The average molecular weight is 474 g/mol. The zero-order chi connectivity index (χ0) is 18.2. The standard InChI is InChI=1S/C22H38N2O.HI/c1-2-3-4-5-6-7-8-9-10-11-12-13-14-15-18-24-19-16-17-21(20-24)22(23)25;/h16-17,19-20H,2-15,18H2,1H3,(H-,23,25);1H. The van der Waals surface area contributed by atoms with E-state index in [2.05, 4.69) is 11.5 Å². The van der Waals surface area contributed by atoms with Crippen LogP contribution in [0.1, 0.15) is 107 Å². The smallest absolute Gasteiger partial charge is 0.254 e. The molecular weight excluding hydrogens is 435 g/mol. The van der Waals surface area contributed by atoms with Crippen molar-refractivity contribution in [1.82, 2.24) is 0 Å². The summed E-state index contributed by atoms with van der Waals surface area (Å²) >= 11 is 0. The first-order chi connectivity index (χ1) is 12.2. The lowest BCUT2D eigenvalue weighted by Crippen LogP contribution is -3.00. The van der Waals surface area contributed by atoms with Crippen molar-refractivity contribution in [1.29, 1.82) is 0 Å². The second-order valence-electron chi connectivity index (χ2n) is 7.29. The van der Waals surface area contributed by atoms with Gasteiger partial charge in [-0.05, 0) is 12.5 Å². The highest BCUT2D eigenvalue weighted by atomic mass is 127. The van der Waals surface area contributed by atoms with E-state index in [-0.39, 0.29) is 29.9 Å². The van der Waals surface area contributed by atoms with Crippen molar-refractivity contribution in [2.75, 3.05) is 0 Å². The van der Waals surface area contributed by atoms with E-state index in [1.165, 1.54) is 89.9 Å². The summed E-state index contributed by atoms with van der Waals surface area (Å²) in [4.78, 5) is 11.2. The van der Waals surface area contributed by atoms with Crippen LogP contribution in [0.2, 0.25) is 0 Å². The predicted octanol–water partition coefficient (Wildman–Crippen LogP) is 2.56. The molecule has 0 radical (unpaired) electrons. The number of pyridine rings is 1. The highest BCUT2D eigenvalue weighted by Crippen LogP contribution is 2.12. The molecule has 3 nitrogen and oxygen atoms in total. The summed E-state index contributed by atoms with van der Waals surface area (Å²) in [6.07, 6.45) is 23.1. The van der Waals surface area contributed by atoms with Gasteiger partial charge in [-0.3, -0.25) is 4.79 Å². The maximum atomic E-state index is 11.2. The molecule has 0 bridgehead atoms. The van der Waals surface area contributed by atoms with Crippen molar-refractivity contribution in [2.45, 2.75) is 103 Å². The van der Waals surface area contributed by atoms with Crippen LogP contribution in [0.4, 0.5) is 0 Å². The molecule has 1 aromatic rings. The summed E-state index contributed by atoms with van der Waals surface area (Å²) in [5, 5.41) is 0. The fourth-order valence-electron chi connectivity index (χ4n) is 3.30. The van der Waals surface area contributed by atoms with Crippen LogP contribution in [0.25, 0.3) is 0 Å². The van der Waals surface area contributed by atoms with Gasteiger partial charge < -0.3 is 29.7 Å². The van der Waals surface area contributed by atoms with Crippen molar-refractivity contribution < 1.29 is 33.3 Å². The summed E-state index contributed by atoms with van der Waals surface area (Å²) < 4.78 is 2.07. The molecule has 0 aliphatic heterocycles. The number of carbonyl (C=O) groups excluding carboxylic acids is 1. The molecule has 1 amide bonds. The number of nitrogens with zero attached hydrogens (tertiary/aromatic N) is 1. The Labute approximate surface area is 178 Å². The molecule has 0 aromatic carbocycles. The van der Waals surface area contributed by atoms with E-state index in [1.807, 2.05) is 18.5 Å². The van der Waals surface area contributed by atoms with Gasteiger partial charge in [-0.25, -0.2) is 4.57 Å². The van der Waals surface area contributed by atoms with Crippen LogP contribution < -0.4 is 34.3 Å². The number of nitrogens with two attached hydrogens (primary N) is 1. The molecule has 2 N–H and O–H groups in total. The van der Waals surface area contributed by atoms with E-state index < -0.39 is 0 Å². The third-order valence-electron chi connectivity index (χ3n) is 4.91. The number of hydrogen-bond donors (Lipinski definition) is 1. The molecule has 0 fully saturated rings. The van der Waals surface area contributed by atoms with E-state index in [9.17, 15) is 4.79 Å². The minimum atomic E-state index is -0.352. The molecule has 0 aliphatic rings. The Hall–Kier alpha value is -0.650. The predicted molar refractivity (Wildman–Crippen MR) is 105 cm³/mol. The van der Waals surface area contributed by atoms with Crippen LogP contribution in [-0.2, 0) is 6.54 Å². The second-order valence-corrected chi connectivity index (χ2v) is 7.29. The minimum Gasteiger partial charge on any atom is -1.00 e. The van der Waals surface area contributed by atoms with Gasteiger partial charge >= 0.3 is 0 Å². The van der Waals surface area contributed by atoms with Crippen molar-refractivity contribution in [2.24, 2.45) is 5.73 Å². The monoisotopic (exact) mass is 474 g/mol. The highest BCUT2D eigenvalue weighted by molar-refractivity contribution is 5.92. The van der Waals surface area contributed by atoms with Crippen molar-refractivity contribution >= 4 is 5.91 Å². The summed E-state index contributed by atoms with van der Waals surface area (Å²) in [5.41, 5.74) is 5.90. The van der Waals surface area contributed by atoms with E-state index in [0.29, 0.717) is 5.56 Å². The van der Waals surface area contributed by atoms with Crippen LogP contribution in [0.5, 0.6) is 0 Å². The lowest BCUT2D eigenvalue weighted by molar-refractivity contribution is -0.697. The topological polar surface area (TPSA) is 47.0 Å². The molecule has 0 unspecified atom stereocenters. The maximum Gasteiger partial charge on any atom is 0.254 e. The number of aryl methyl sites for hydroxylation is 1. The van der Waals surface area contributed by atoms with Gasteiger partial charge in [-0.1, -0.05) is 84.0 Å². The number of carbonyl (C=O) groups is 1. The first-order valence-electron chi connectivity index (χ1n) is 10.5. The largest absolute Gasteiger partial charge is 1.00 e. The number of primary amides is 1.